The van der Waals surface area contributed by atoms with Crippen molar-refractivity contribution in [3.8, 4) is 0 Å². The van der Waals surface area contributed by atoms with Gasteiger partial charge < -0.3 is 5.32 Å². The average molecular weight is 330 g/mol. The third-order valence-corrected chi connectivity index (χ3v) is 4.30. The van der Waals surface area contributed by atoms with Crippen molar-refractivity contribution in [2.45, 2.75) is 25.4 Å². The number of carbonyl (C=O) groups is 2. The van der Waals surface area contributed by atoms with Gasteiger partial charge in [-0.1, -0.05) is 31.2 Å². The smallest absolute Gasteiger partial charge is 0.319 e. The Kier molecular flexibility index (Phi) is 4.05. The van der Waals surface area contributed by atoms with Crippen molar-refractivity contribution in [3.05, 3.63) is 71.3 Å². The van der Waals surface area contributed by atoms with Crippen LogP contribution >= 0.6 is 0 Å². The van der Waals surface area contributed by atoms with Crippen LogP contribution in [0.1, 0.15) is 24.5 Å². The van der Waals surface area contributed by atoms with Gasteiger partial charge in [0.1, 0.15) is 17.2 Å². The number of imide groups is 1. The molecule has 0 spiro atoms. The van der Waals surface area contributed by atoms with Crippen molar-refractivity contribution in [1.29, 1.82) is 0 Å². The molecule has 1 heterocycles. The molecule has 1 aliphatic heterocycles. The van der Waals surface area contributed by atoms with Crippen LogP contribution in [0.4, 0.5) is 13.6 Å². The van der Waals surface area contributed by atoms with Gasteiger partial charge in [0.2, 0.25) is 0 Å². The minimum atomic E-state index is -1.20. The van der Waals surface area contributed by atoms with E-state index in [1.807, 2.05) is 0 Å². The third-order valence-electron chi connectivity index (χ3n) is 4.30. The van der Waals surface area contributed by atoms with Crippen LogP contribution in [-0.4, -0.2) is 16.8 Å². The number of hydrogen-bond acceptors (Lipinski definition) is 2. The number of hydrogen-bond donors (Lipinski definition) is 1. The number of carbonyl (C=O) groups excluding carboxylic acids is 2. The molecule has 0 bridgehead atoms. The molecule has 3 rings (SSSR count). The predicted octanol–water partition coefficient (Wildman–Crippen LogP) is 3.32. The molecule has 6 heteroatoms. The molecule has 1 N–H and O–H groups in total. The molecule has 0 aromatic heterocycles. The van der Waals surface area contributed by atoms with Crippen LogP contribution in [0.25, 0.3) is 0 Å². The van der Waals surface area contributed by atoms with E-state index in [-0.39, 0.29) is 12.4 Å². The molecule has 0 radical (unpaired) electrons. The van der Waals surface area contributed by atoms with E-state index >= 15 is 0 Å². The lowest BCUT2D eigenvalue weighted by Crippen LogP contribution is -2.43. The number of halogens is 2. The van der Waals surface area contributed by atoms with Crippen LogP contribution in [0.15, 0.2) is 48.5 Å². The molecular formula is C18H16F2N2O2. The van der Waals surface area contributed by atoms with Crippen LogP contribution in [0.5, 0.6) is 0 Å². The SMILES string of the molecule is CC[C@@]1(c2ccc(F)cc2)NC(=O)N(Cc2ccc(F)cc2)C1=O. The Labute approximate surface area is 138 Å². The molecule has 1 atom stereocenters. The maximum absolute atomic E-state index is 13.2. The van der Waals surface area contributed by atoms with Crippen molar-refractivity contribution in [2.24, 2.45) is 0 Å². The van der Waals surface area contributed by atoms with E-state index in [1.165, 1.54) is 48.5 Å². The third kappa shape index (κ3) is 2.64. The molecule has 124 valence electrons. The molecule has 4 nitrogen and oxygen atoms in total. The van der Waals surface area contributed by atoms with E-state index in [0.29, 0.717) is 17.5 Å². The summed E-state index contributed by atoms with van der Waals surface area (Å²) in [6, 6.07) is 10.6. The highest BCUT2D eigenvalue weighted by atomic mass is 19.1. The lowest BCUT2D eigenvalue weighted by molar-refractivity contribution is -0.132. The summed E-state index contributed by atoms with van der Waals surface area (Å²) in [5, 5.41) is 2.73. The summed E-state index contributed by atoms with van der Waals surface area (Å²) in [6.07, 6.45) is 0.336. The summed E-state index contributed by atoms with van der Waals surface area (Å²) in [6.45, 7) is 1.83. The van der Waals surface area contributed by atoms with Crippen LogP contribution in [0.3, 0.4) is 0 Å². The summed E-state index contributed by atoms with van der Waals surface area (Å²) in [7, 11) is 0. The number of nitrogens with zero attached hydrogens (tertiary/aromatic N) is 1. The maximum Gasteiger partial charge on any atom is 0.325 e. The number of nitrogens with one attached hydrogen (secondary N) is 1. The van der Waals surface area contributed by atoms with Gasteiger partial charge in [-0.15, -0.1) is 0 Å². The van der Waals surface area contributed by atoms with E-state index in [2.05, 4.69) is 5.32 Å². The van der Waals surface area contributed by atoms with E-state index in [4.69, 9.17) is 0 Å². The lowest BCUT2D eigenvalue weighted by atomic mass is 9.87. The Morgan fingerprint density at radius 3 is 2.04 bits per heavy atom. The van der Waals surface area contributed by atoms with E-state index in [9.17, 15) is 18.4 Å². The second-order valence-corrected chi connectivity index (χ2v) is 5.71. The first-order valence-corrected chi connectivity index (χ1v) is 7.61. The first-order chi connectivity index (χ1) is 11.5. The van der Waals surface area contributed by atoms with Gasteiger partial charge in [-0.05, 0) is 41.8 Å². The molecule has 3 amide bonds. The fraction of sp³-hybridized carbons (Fsp3) is 0.222. The Morgan fingerprint density at radius 1 is 0.958 bits per heavy atom. The molecule has 0 unspecified atom stereocenters. The molecule has 0 saturated carbocycles. The first kappa shape index (κ1) is 16.1. The second kappa shape index (κ2) is 6.03. The zero-order valence-electron chi connectivity index (χ0n) is 13.1. The monoisotopic (exact) mass is 330 g/mol. The number of rotatable bonds is 4. The molecule has 2 aromatic carbocycles. The number of benzene rings is 2. The fourth-order valence-electron chi connectivity index (χ4n) is 2.92. The Bertz CT molecular complexity index is 775. The predicted molar refractivity (Wildman–Crippen MR) is 83.9 cm³/mol. The van der Waals surface area contributed by atoms with E-state index in [1.54, 1.807) is 6.92 Å². The van der Waals surface area contributed by atoms with Gasteiger partial charge >= 0.3 is 6.03 Å². The molecule has 1 fully saturated rings. The van der Waals surface area contributed by atoms with Crippen molar-refractivity contribution in [1.82, 2.24) is 10.2 Å². The molecule has 1 aliphatic rings. The van der Waals surface area contributed by atoms with Crippen molar-refractivity contribution < 1.29 is 18.4 Å². The zero-order chi connectivity index (χ0) is 17.3. The highest BCUT2D eigenvalue weighted by Gasteiger charge is 2.51. The molecular weight excluding hydrogens is 314 g/mol. The summed E-state index contributed by atoms with van der Waals surface area (Å²) in [4.78, 5) is 26.3. The molecule has 0 aliphatic carbocycles. The maximum atomic E-state index is 13.2. The summed E-state index contributed by atoms with van der Waals surface area (Å²) < 4.78 is 26.2. The van der Waals surface area contributed by atoms with Gasteiger partial charge in [-0.3, -0.25) is 9.69 Å². The number of amides is 3. The van der Waals surface area contributed by atoms with Gasteiger partial charge in [-0.2, -0.15) is 0 Å². The van der Waals surface area contributed by atoms with Gasteiger partial charge in [0.25, 0.3) is 5.91 Å². The van der Waals surface area contributed by atoms with Gasteiger partial charge in [-0.25, -0.2) is 13.6 Å². The Balaban J connectivity index is 1.91. The Morgan fingerprint density at radius 2 is 1.50 bits per heavy atom. The van der Waals surface area contributed by atoms with Gasteiger partial charge in [0.05, 0.1) is 6.54 Å². The fourth-order valence-corrected chi connectivity index (χ4v) is 2.92. The van der Waals surface area contributed by atoms with Crippen LogP contribution in [0.2, 0.25) is 0 Å². The highest BCUT2D eigenvalue weighted by molar-refractivity contribution is 6.07. The zero-order valence-corrected chi connectivity index (χ0v) is 13.1. The normalized spacial score (nSPS) is 20.4. The largest absolute Gasteiger partial charge is 0.325 e. The Hall–Kier alpha value is -2.76. The van der Waals surface area contributed by atoms with Crippen LogP contribution in [0, 0.1) is 11.6 Å². The topological polar surface area (TPSA) is 49.4 Å². The highest BCUT2D eigenvalue weighted by Crippen LogP contribution is 2.33. The first-order valence-electron chi connectivity index (χ1n) is 7.61. The van der Waals surface area contributed by atoms with E-state index in [0.717, 1.165) is 4.90 Å². The summed E-state index contributed by atoms with van der Waals surface area (Å²) in [5.41, 5.74) is -0.0255. The average Bonchev–Trinajstić information content (AvgIpc) is 2.82. The van der Waals surface area contributed by atoms with Crippen LogP contribution in [-0.2, 0) is 16.9 Å². The van der Waals surface area contributed by atoms with Crippen molar-refractivity contribution >= 4 is 11.9 Å². The van der Waals surface area contributed by atoms with Crippen LogP contribution < -0.4 is 5.32 Å². The molecule has 24 heavy (non-hydrogen) atoms. The van der Waals surface area contributed by atoms with Gasteiger partial charge in [0, 0.05) is 0 Å². The van der Waals surface area contributed by atoms with Crippen molar-refractivity contribution in [2.75, 3.05) is 0 Å². The molecule has 1 saturated heterocycles. The number of urea groups is 1. The quantitative estimate of drug-likeness (QED) is 0.874. The lowest BCUT2D eigenvalue weighted by Gasteiger charge is -2.25. The minimum Gasteiger partial charge on any atom is -0.319 e. The summed E-state index contributed by atoms with van der Waals surface area (Å²) >= 11 is 0. The minimum absolute atomic E-state index is 0.0495. The summed E-state index contributed by atoms with van der Waals surface area (Å²) in [5.74, 6) is -1.19. The van der Waals surface area contributed by atoms with Gasteiger partial charge in [0.15, 0.2) is 0 Å². The van der Waals surface area contributed by atoms with E-state index < -0.39 is 23.3 Å². The van der Waals surface area contributed by atoms with Crippen molar-refractivity contribution in [3.63, 3.8) is 0 Å². The second-order valence-electron chi connectivity index (χ2n) is 5.71. The molecule has 2 aromatic rings. The standard InChI is InChI=1S/C18H16F2N2O2/c1-2-18(13-5-9-15(20)10-6-13)16(23)22(17(24)21-18)11-12-3-7-14(19)8-4-12/h3-10H,2,11H2,1H3,(H,21,24)/t18-/m0/s1.